The van der Waals surface area contributed by atoms with Crippen molar-refractivity contribution in [1.82, 2.24) is 0 Å². The van der Waals surface area contributed by atoms with Crippen molar-refractivity contribution in [2.24, 2.45) is 0 Å². The van der Waals surface area contributed by atoms with Crippen LogP contribution in [-0.4, -0.2) is 22.2 Å². The summed E-state index contributed by atoms with van der Waals surface area (Å²) in [5.41, 5.74) is 12.3. The van der Waals surface area contributed by atoms with Gasteiger partial charge in [-0.15, -0.1) is 0 Å². The summed E-state index contributed by atoms with van der Waals surface area (Å²) in [4.78, 5) is 20.5. The largest absolute Gasteiger partial charge is 1.00 e. The Morgan fingerprint density at radius 3 is 1.10 bits per heavy atom. The molecule has 0 aromatic heterocycles. The third-order valence-electron chi connectivity index (χ3n) is 2.32. The first kappa shape index (κ1) is 18.7. The summed E-state index contributed by atoms with van der Waals surface area (Å²) < 4.78 is 0. The summed E-state index contributed by atoms with van der Waals surface area (Å²) in [5.74, 6) is -1.86. The number of nitrogens with two attached hydrogens (primary N) is 2. The van der Waals surface area contributed by atoms with Crippen LogP contribution in [0.5, 0.6) is 0 Å². The van der Waals surface area contributed by atoms with Crippen molar-refractivity contribution in [1.29, 1.82) is 0 Å². The van der Waals surface area contributed by atoms with Crippen LogP contribution in [0.25, 0.3) is 0 Å². The molecule has 0 aliphatic carbocycles. The molecule has 2 rings (SSSR count). The first-order valence-electron chi connectivity index (χ1n) is 5.58. The van der Waals surface area contributed by atoms with Gasteiger partial charge in [0.25, 0.3) is 0 Å². The molecule has 7 heteroatoms. The van der Waals surface area contributed by atoms with Crippen LogP contribution >= 0.6 is 0 Å². The molecule has 0 unspecified atom stereocenters. The molecular weight excluding hydrogens is 368 g/mol. The number of anilines is 2. The summed E-state index contributed by atoms with van der Waals surface area (Å²) >= 11 is 0. The second-order valence-electron chi connectivity index (χ2n) is 3.85. The fourth-order valence-corrected chi connectivity index (χ4v) is 1.25. The molecule has 0 saturated heterocycles. The molecule has 0 heterocycles. The molecule has 114 valence electrons. The van der Waals surface area contributed by atoms with Crippen molar-refractivity contribution in [3.05, 3.63) is 59.7 Å². The number of rotatable bonds is 2. The second kappa shape index (κ2) is 8.80. The zero-order valence-electron chi connectivity index (χ0n) is 10.8. The van der Waals surface area contributed by atoms with E-state index >= 15 is 0 Å². The molecule has 2 aromatic rings. The molecule has 6 nitrogen and oxygen atoms in total. The summed E-state index contributed by atoms with van der Waals surface area (Å²) in [6.07, 6.45) is 0. The molecule has 0 atom stereocenters. The summed E-state index contributed by atoms with van der Waals surface area (Å²) in [5, 5.41) is 16.9. The smallest absolute Gasteiger partial charge is 0.478 e. The minimum absolute atomic E-state index is 0. The molecule has 0 bridgehead atoms. The summed E-state index contributed by atoms with van der Waals surface area (Å²) in [7, 11) is 0. The Kier molecular flexibility index (Phi) is 7.85. The summed E-state index contributed by atoms with van der Waals surface area (Å²) in [6.45, 7) is 0. The van der Waals surface area contributed by atoms with Crippen molar-refractivity contribution in [2.45, 2.75) is 0 Å². The standard InChI is InChI=1S/2C7H7NO2.Ag/c2*8-6-3-1-5(2-4-6)7(9)10;/h2*1-4H,8H2,(H,9,10);/q;;+1. The predicted molar refractivity (Wildman–Crippen MR) is 75.6 cm³/mol. The predicted octanol–water partition coefficient (Wildman–Crippen LogP) is 1.93. The molecule has 0 radical (unpaired) electrons. The molecule has 6 N–H and O–H groups in total. The number of hydrogen-bond donors (Lipinski definition) is 4. The number of benzene rings is 2. The van der Waals surface area contributed by atoms with Crippen molar-refractivity contribution in [3.8, 4) is 0 Å². The normalized spacial score (nSPS) is 8.76. The van der Waals surface area contributed by atoms with E-state index in [1.165, 1.54) is 24.3 Å². The van der Waals surface area contributed by atoms with E-state index in [2.05, 4.69) is 0 Å². The molecule has 0 spiro atoms. The van der Waals surface area contributed by atoms with Gasteiger partial charge in [0.2, 0.25) is 0 Å². The van der Waals surface area contributed by atoms with Crippen molar-refractivity contribution in [3.63, 3.8) is 0 Å². The van der Waals surface area contributed by atoms with Gasteiger partial charge in [-0.1, -0.05) is 0 Å². The van der Waals surface area contributed by atoms with E-state index in [1.807, 2.05) is 0 Å². The Morgan fingerprint density at radius 1 is 0.667 bits per heavy atom. The van der Waals surface area contributed by atoms with E-state index in [0.29, 0.717) is 11.4 Å². The molecule has 0 amide bonds. The molecule has 21 heavy (non-hydrogen) atoms. The number of carboxylic acid groups (broad SMARTS) is 2. The van der Waals surface area contributed by atoms with Gasteiger partial charge >= 0.3 is 34.3 Å². The van der Waals surface area contributed by atoms with E-state index in [4.69, 9.17) is 21.7 Å². The maximum atomic E-state index is 10.3. The van der Waals surface area contributed by atoms with Gasteiger partial charge in [-0.3, -0.25) is 0 Å². The average molecular weight is 382 g/mol. The van der Waals surface area contributed by atoms with Gasteiger partial charge in [0.05, 0.1) is 11.1 Å². The van der Waals surface area contributed by atoms with Gasteiger partial charge in [-0.05, 0) is 48.5 Å². The van der Waals surface area contributed by atoms with E-state index < -0.39 is 11.9 Å². The third kappa shape index (κ3) is 6.62. The monoisotopic (exact) mass is 381 g/mol. The van der Waals surface area contributed by atoms with Crippen molar-refractivity contribution < 1.29 is 42.2 Å². The molecule has 2 aromatic carbocycles. The number of carbonyl (C=O) groups is 2. The molecule has 0 saturated carbocycles. The van der Waals surface area contributed by atoms with Gasteiger partial charge in [0.15, 0.2) is 0 Å². The Balaban J connectivity index is 0.000000364. The average Bonchev–Trinajstić information content (AvgIpc) is 2.40. The van der Waals surface area contributed by atoms with Crippen LogP contribution in [0.15, 0.2) is 48.5 Å². The van der Waals surface area contributed by atoms with Gasteiger partial charge < -0.3 is 21.7 Å². The van der Waals surface area contributed by atoms with E-state index in [-0.39, 0.29) is 33.5 Å². The summed E-state index contributed by atoms with van der Waals surface area (Å²) in [6, 6.07) is 12.1. The first-order valence-corrected chi connectivity index (χ1v) is 5.58. The molecule has 0 fully saturated rings. The Morgan fingerprint density at radius 2 is 0.905 bits per heavy atom. The van der Waals surface area contributed by atoms with Crippen LogP contribution in [0.3, 0.4) is 0 Å². The fourth-order valence-electron chi connectivity index (χ4n) is 1.25. The van der Waals surface area contributed by atoms with Gasteiger partial charge in [0.1, 0.15) is 0 Å². The number of aromatic carboxylic acids is 2. The fraction of sp³-hybridized carbons (Fsp3) is 0. The molecule has 0 aliphatic rings. The quantitative estimate of drug-likeness (QED) is 0.465. The Labute approximate surface area is 136 Å². The zero-order valence-corrected chi connectivity index (χ0v) is 12.3. The van der Waals surface area contributed by atoms with Crippen molar-refractivity contribution >= 4 is 23.3 Å². The van der Waals surface area contributed by atoms with Crippen LogP contribution in [0.1, 0.15) is 20.7 Å². The van der Waals surface area contributed by atoms with Gasteiger partial charge in [-0.25, -0.2) is 9.59 Å². The first-order chi connectivity index (χ1) is 9.40. The third-order valence-corrected chi connectivity index (χ3v) is 2.32. The molecule has 0 aliphatic heterocycles. The Bertz CT molecular complexity index is 542. The van der Waals surface area contributed by atoms with E-state index in [9.17, 15) is 9.59 Å². The van der Waals surface area contributed by atoms with Crippen LogP contribution in [0.4, 0.5) is 11.4 Å². The van der Waals surface area contributed by atoms with E-state index in [1.54, 1.807) is 24.3 Å². The van der Waals surface area contributed by atoms with Gasteiger partial charge in [-0.2, -0.15) is 0 Å². The van der Waals surface area contributed by atoms with Crippen molar-refractivity contribution in [2.75, 3.05) is 11.5 Å². The van der Waals surface area contributed by atoms with Crippen LogP contribution in [0, 0.1) is 0 Å². The number of carboxylic acids is 2. The van der Waals surface area contributed by atoms with Crippen LogP contribution in [0.2, 0.25) is 0 Å². The molecular formula is C14H14AgN2O4+. The maximum absolute atomic E-state index is 10.3. The topological polar surface area (TPSA) is 127 Å². The minimum atomic E-state index is -0.931. The maximum Gasteiger partial charge on any atom is 1.00 e. The second-order valence-corrected chi connectivity index (χ2v) is 3.85. The number of hydrogen-bond acceptors (Lipinski definition) is 4. The van der Waals surface area contributed by atoms with E-state index in [0.717, 1.165) is 0 Å². The Hall–Kier alpha value is -2.28. The zero-order chi connectivity index (χ0) is 15.1. The number of nitrogen functional groups attached to an aromatic ring is 2. The van der Waals surface area contributed by atoms with Crippen LogP contribution in [-0.2, 0) is 22.4 Å². The van der Waals surface area contributed by atoms with Crippen LogP contribution < -0.4 is 11.5 Å². The SMILES string of the molecule is Nc1ccc(C(=O)O)cc1.Nc1ccc(C(=O)O)cc1.[Ag+]. The minimum Gasteiger partial charge on any atom is -0.478 e. The van der Waals surface area contributed by atoms with Gasteiger partial charge in [0, 0.05) is 11.4 Å².